The molecule has 1 heterocycles. The number of fused-ring (bicyclic) bond motifs is 1. The van der Waals surface area contributed by atoms with Crippen LogP contribution in [0.4, 0.5) is 10.1 Å². The van der Waals surface area contributed by atoms with Crippen molar-refractivity contribution >= 4 is 23.4 Å². The van der Waals surface area contributed by atoms with E-state index in [1.54, 1.807) is 18.0 Å². The van der Waals surface area contributed by atoms with Crippen molar-refractivity contribution in [2.24, 2.45) is 0 Å². The van der Waals surface area contributed by atoms with Gasteiger partial charge >= 0.3 is 5.97 Å². The van der Waals surface area contributed by atoms with Gasteiger partial charge in [-0.05, 0) is 18.2 Å². The van der Waals surface area contributed by atoms with E-state index in [-0.39, 0.29) is 5.82 Å². The van der Waals surface area contributed by atoms with Gasteiger partial charge in [0.2, 0.25) is 0 Å². The number of carboxylic acids is 1. The molecule has 3 nitrogen and oxygen atoms in total. The molecule has 0 unspecified atom stereocenters. The molecule has 1 aromatic rings. The number of thioether (sulfide) groups is 1. The molecule has 0 saturated heterocycles. The SMILES string of the molecule is CN1C(=CC(=O)O)Sc2ccc(F)cc21. The van der Waals surface area contributed by atoms with Gasteiger partial charge in [-0.25, -0.2) is 9.18 Å². The van der Waals surface area contributed by atoms with Crippen LogP contribution >= 0.6 is 11.8 Å². The topological polar surface area (TPSA) is 40.5 Å². The van der Waals surface area contributed by atoms with Crippen LogP contribution in [0.3, 0.4) is 0 Å². The van der Waals surface area contributed by atoms with E-state index in [4.69, 9.17) is 5.11 Å². The lowest BCUT2D eigenvalue weighted by atomic mass is 10.3. The number of hydrogen-bond donors (Lipinski definition) is 1. The maximum Gasteiger partial charge on any atom is 0.330 e. The molecular formula is C10H8FNO2S. The Kier molecular flexibility index (Phi) is 2.40. The standard InChI is InChI=1S/C10H8FNO2S/c1-12-7-4-6(11)2-3-8(7)15-9(12)5-10(13)14/h2-5H,1H3,(H,13,14). The van der Waals surface area contributed by atoms with Gasteiger partial charge in [0.1, 0.15) is 5.82 Å². The molecule has 5 heteroatoms. The molecule has 0 radical (unpaired) electrons. The van der Waals surface area contributed by atoms with Crippen molar-refractivity contribution in [3.63, 3.8) is 0 Å². The summed E-state index contributed by atoms with van der Waals surface area (Å²) in [5.41, 5.74) is 0.701. The molecule has 0 aliphatic carbocycles. The molecular weight excluding hydrogens is 217 g/mol. The van der Waals surface area contributed by atoms with Gasteiger partial charge in [-0.3, -0.25) is 0 Å². The van der Waals surface area contributed by atoms with Crippen LogP contribution in [0.2, 0.25) is 0 Å². The zero-order chi connectivity index (χ0) is 11.0. The average molecular weight is 225 g/mol. The molecule has 1 N–H and O–H groups in total. The number of rotatable bonds is 1. The van der Waals surface area contributed by atoms with Crippen LogP contribution < -0.4 is 4.90 Å². The first kappa shape index (κ1) is 10.0. The summed E-state index contributed by atoms with van der Waals surface area (Å²) < 4.78 is 13.0. The lowest BCUT2D eigenvalue weighted by Crippen LogP contribution is -2.11. The monoisotopic (exact) mass is 225 g/mol. The Morgan fingerprint density at radius 1 is 1.60 bits per heavy atom. The quantitative estimate of drug-likeness (QED) is 0.744. The molecule has 15 heavy (non-hydrogen) atoms. The molecule has 0 aromatic heterocycles. The van der Waals surface area contributed by atoms with Gasteiger partial charge in [-0.2, -0.15) is 0 Å². The zero-order valence-corrected chi connectivity index (χ0v) is 8.71. The first-order valence-corrected chi connectivity index (χ1v) is 5.05. The molecule has 78 valence electrons. The van der Waals surface area contributed by atoms with E-state index in [1.807, 2.05) is 0 Å². The van der Waals surface area contributed by atoms with Crippen molar-refractivity contribution in [2.75, 3.05) is 11.9 Å². The van der Waals surface area contributed by atoms with Crippen molar-refractivity contribution in [3.8, 4) is 0 Å². The fraction of sp³-hybridized carbons (Fsp3) is 0.100. The number of aliphatic carboxylic acids is 1. The number of carboxylic acid groups (broad SMARTS) is 1. The molecule has 0 spiro atoms. The Hall–Kier alpha value is -1.49. The molecule has 1 aliphatic heterocycles. The molecule has 1 aliphatic rings. The lowest BCUT2D eigenvalue weighted by molar-refractivity contribution is -0.131. The summed E-state index contributed by atoms with van der Waals surface area (Å²) in [7, 11) is 1.72. The summed E-state index contributed by atoms with van der Waals surface area (Å²) in [6.45, 7) is 0. The minimum atomic E-state index is -1.00. The highest BCUT2D eigenvalue weighted by molar-refractivity contribution is 8.03. The summed E-state index contributed by atoms with van der Waals surface area (Å²) in [4.78, 5) is 13.1. The van der Waals surface area contributed by atoms with E-state index >= 15 is 0 Å². The summed E-state index contributed by atoms with van der Waals surface area (Å²) in [6, 6.07) is 4.41. The van der Waals surface area contributed by atoms with Gasteiger partial charge in [-0.1, -0.05) is 11.8 Å². The second-order valence-corrected chi connectivity index (χ2v) is 4.16. The van der Waals surface area contributed by atoms with Crippen LogP contribution in [-0.2, 0) is 4.79 Å². The van der Waals surface area contributed by atoms with E-state index in [0.717, 1.165) is 11.0 Å². The Balaban J connectivity index is 2.41. The maximum atomic E-state index is 13.0. The second-order valence-electron chi connectivity index (χ2n) is 3.09. The van der Waals surface area contributed by atoms with Crippen LogP contribution in [0.25, 0.3) is 0 Å². The highest BCUT2D eigenvalue weighted by Crippen LogP contribution is 2.44. The number of benzene rings is 1. The van der Waals surface area contributed by atoms with Crippen LogP contribution in [0.5, 0.6) is 0 Å². The zero-order valence-electron chi connectivity index (χ0n) is 7.90. The number of nitrogens with zero attached hydrogens (tertiary/aromatic N) is 1. The largest absolute Gasteiger partial charge is 0.478 e. The number of anilines is 1. The van der Waals surface area contributed by atoms with Gasteiger partial charge < -0.3 is 10.0 Å². The predicted octanol–water partition coefficient (Wildman–Crippen LogP) is 2.29. The Morgan fingerprint density at radius 3 is 3.00 bits per heavy atom. The highest BCUT2D eigenvalue weighted by atomic mass is 32.2. The molecule has 2 rings (SSSR count). The fourth-order valence-electron chi connectivity index (χ4n) is 1.37. The van der Waals surface area contributed by atoms with Gasteiger partial charge in [0.15, 0.2) is 0 Å². The van der Waals surface area contributed by atoms with Crippen LogP contribution in [0.1, 0.15) is 0 Å². The van der Waals surface area contributed by atoms with E-state index in [0.29, 0.717) is 10.7 Å². The van der Waals surface area contributed by atoms with Crippen molar-refractivity contribution in [3.05, 3.63) is 35.1 Å². The van der Waals surface area contributed by atoms with Crippen molar-refractivity contribution in [1.82, 2.24) is 0 Å². The molecule has 1 aromatic carbocycles. The van der Waals surface area contributed by atoms with Gasteiger partial charge in [0.25, 0.3) is 0 Å². The Morgan fingerprint density at radius 2 is 2.33 bits per heavy atom. The fourth-order valence-corrected chi connectivity index (χ4v) is 2.43. The highest BCUT2D eigenvalue weighted by Gasteiger charge is 2.22. The third kappa shape index (κ3) is 1.83. The minimum Gasteiger partial charge on any atom is -0.478 e. The average Bonchev–Trinajstić information content (AvgIpc) is 2.44. The van der Waals surface area contributed by atoms with Crippen LogP contribution in [-0.4, -0.2) is 18.1 Å². The van der Waals surface area contributed by atoms with Crippen LogP contribution in [0, 0.1) is 5.82 Å². The van der Waals surface area contributed by atoms with E-state index in [9.17, 15) is 9.18 Å². The number of halogens is 1. The lowest BCUT2D eigenvalue weighted by Gasteiger charge is -2.12. The Bertz CT molecular complexity index is 459. The van der Waals surface area contributed by atoms with E-state index in [1.165, 1.54) is 23.9 Å². The van der Waals surface area contributed by atoms with E-state index in [2.05, 4.69) is 0 Å². The summed E-state index contributed by atoms with van der Waals surface area (Å²) in [5, 5.41) is 9.22. The van der Waals surface area contributed by atoms with Crippen LogP contribution in [0.15, 0.2) is 34.2 Å². The smallest absolute Gasteiger partial charge is 0.330 e. The predicted molar refractivity (Wildman–Crippen MR) is 56.4 cm³/mol. The Labute approximate surface area is 90.2 Å². The first-order chi connectivity index (χ1) is 7.08. The molecule has 0 saturated carbocycles. The molecule has 0 fully saturated rings. The maximum absolute atomic E-state index is 13.0. The second kappa shape index (κ2) is 3.58. The first-order valence-electron chi connectivity index (χ1n) is 4.23. The minimum absolute atomic E-state index is 0.322. The van der Waals surface area contributed by atoms with Gasteiger partial charge in [-0.15, -0.1) is 0 Å². The van der Waals surface area contributed by atoms with E-state index < -0.39 is 5.97 Å². The normalized spacial score (nSPS) is 16.9. The van der Waals surface area contributed by atoms with Gasteiger partial charge in [0.05, 0.1) is 16.8 Å². The van der Waals surface area contributed by atoms with Gasteiger partial charge in [0, 0.05) is 11.9 Å². The van der Waals surface area contributed by atoms with Crippen molar-refractivity contribution in [2.45, 2.75) is 4.90 Å². The van der Waals surface area contributed by atoms with Crippen molar-refractivity contribution < 1.29 is 14.3 Å². The number of hydrogen-bond acceptors (Lipinski definition) is 3. The third-order valence-electron chi connectivity index (χ3n) is 2.07. The third-order valence-corrected chi connectivity index (χ3v) is 3.24. The molecule has 0 bridgehead atoms. The van der Waals surface area contributed by atoms with Crippen molar-refractivity contribution in [1.29, 1.82) is 0 Å². The summed E-state index contributed by atoms with van der Waals surface area (Å²) in [5.74, 6) is -1.32. The molecule has 0 atom stereocenters. The number of carbonyl (C=O) groups is 1. The summed E-state index contributed by atoms with van der Waals surface area (Å²) >= 11 is 1.32. The summed E-state index contributed by atoms with van der Waals surface area (Å²) in [6.07, 6.45) is 1.11. The molecule has 0 amide bonds.